The first-order chi connectivity index (χ1) is 7.65. The summed E-state index contributed by atoms with van der Waals surface area (Å²) in [4.78, 5) is 0. The third-order valence-corrected chi connectivity index (χ3v) is 1.58. The molecular formula is C13H24O3. The van der Waals surface area contributed by atoms with Crippen LogP contribution in [-0.4, -0.2) is 21.9 Å². The Labute approximate surface area is 98.4 Å². The summed E-state index contributed by atoms with van der Waals surface area (Å²) in [5.41, 5.74) is 1.06. The lowest BCUT2D eigenvalue weighted by Crippen LogP contribution is -1.81. The molecule has 3 heteroatoms. The molecule has 0 bridgehead atoms. The molecule has 0 saturated carbocycles. The van der Waals surface area contributed by atoms with Gasteiger partial charge in [0.05, 0.1) is 0 Å². The highest BCUT2D eigenvalue weighted by Crippen LogP contribution is 2.25. The molecule has 1 aromatic carbocycles. The van der Waals surface area contributed by atoms with E-state index in [1.165, 1.54) is 6.07 Å². The Bertz CT molecular complexity index is 259. The number of aryl methyl sites for hydroxylation is 1. The van der Waals surface area contributed by atoms with E-state index in [1.807, 2.05) is 19.9 Å². The minimum atomic E-state index is -0.0511. The van der Waals surface area contributed by atoms with Gasteiger partial charge in [0, 0.05) is 6.61 Å². The molecule has 0 amide bonds. The Morgan fingerprint density at radius 3 is 1.88 bits per heavy atom. The summed E-state index contributed by atoms with van der Waals surface area (Å²) in [6.45, 7) is 8.00. The summed E-state index contributed by atoms with van der Waals surface area (Å²) in [7, 11) is 0. The Balaban J connectivity index is 0. The molecule has 0 radical (unpaired) electrons. The lowest BCUT2D eigenvalue weighted by atomic mass is 10.1. The molecule has 3 nitrogen and oxygen atoms in total. The Morgan fingerprint density at radius 1 is 1.00 bits per heavy atom. The molecule has 3 N–H and O–H groups in total. The number of aliphatic hydroxyl groups is 1. The van der Waals surface area contributed by atoms with Crippen molar-refractivity contribution in [3.63, 3.8) is 0 Å². The Morgan fingerprint density at radius 2 is 1.50 bits per heavy atom. The van der Waals surface area contributed by atoms with Crippen LogP contribution in [0.15, 0.2) is 18.2 Å². The van der Waals surface area contributed by atoms with Crippen LogP contribution in [0.1, 0.15) is 39.7 Å². The van der Waals surface area contributed by atoms with Crippen LogP contribution >= 0.6 is 0 Å². The van der Waals surface area contributed by atoms with Gasteiger partial charge in [0.2, 0.25) is 0 Å². The minimum Gasteiger partial charge on any atom is -0.504 e. The summed E-state index contributed by atoms with van der Waals surface area (Å²) in [5, 5.41) is 25.6. The number of phenols is 2. The van der Waals surface area contributed by atoms with Crippen LogP contribution in [0.4, 0.5) is 0 Å². The number of rotatable bonds is 2. The van der Waals surface area contributed by atoms with Crippen molar-refractivity contribution in [2.45, 2.75) is 40.5 Å². The van der Waals surface area contributed by atoms with Gasteiger partial charge in [-0.1, -0.05) is 33.3 Å². The second-order valence-corrected chi connectivity index (χ2v) is 2.89. The van der Waals surface area contributed by atoms with Crippen LogP contribution in [0.25, 0.3) is 0 Å². The molecule has 94 valence electrons. The lowest BCUT2D eigenvalue weighted by molar-refractivity contribution is 0.318. The smallest absolute Gasteiger partial charge is 0.157 e. The van der Waals surface area contributed by atoms with Gasteiger partial charge in [-0.3, -0.25) is 0 Å². The van der Waals surface area contributed by atoms with Crippen molar-refractivity contribution in [2.75, 3.05) is 6.61 Å². The maximum atomic E-state index is 9.08. The monoisotopic (exact) mass is 228 g/mol. The SMILES string of the molecule is CC.CCCc1ccc(O)c(O)c1.CCO. The van der Waals surface area contributed by atoms with Crippen molar-refractivity contribution in [2.24, 2.45) is 0 Å². The zero-order chi connectivity index (χ0) is 13.0. The van der Waals surface area contributed by atoms with Crippen molar-refractivity contribution < 1.29 is 15.3 Å². The van der Waals surface area contributed by atoms with Crippen molar-refractivity contribution in [3.05, 3.63) is 23.8 Å². The van der Waals surface area contributed by atoms with E-state index in [9.17, 15) is 0 Å². The molecule has 1 rings (SSSR count). The lowest BCUT2D eigenvalue weighted by Gasteiger charge is -2.00. The second-order valence-electron chi connectivity index (χ2n) is 2.89. The van der Waals surface area contributed by atoms with E-state index in [1.54, 1.807) is 13.0 Å². The highest BCUT2D eigenvalue weighted by molar-refractivity contribution is 5.40. The highest BCUT2D eigenvalue weighted by Gasteiger charge is 1.98. The van der Waals surface area contributed by atoms with Crippen LogP contribution < -0.4 is 0 Å². The number of hydrogen-bond donors (Lipinski definition) is 3. The molecular weight excluding hydrogens is 204 g/mol. The highest BCUT2D eigenvalue weighted by atomic mass is 16.3. The van der Waals surface area contributed by atoms with Gasteiger partial charge in [-0.2, -0.15) is 0 Å². The van der Waals surface area contributed by atoms with Crippen LogP contribution in [0.2, 0.25) is 0 Å². The molecule has 0 heterocycles. The zero-order valence-electron chi connectivity index (χ0n) is 10.7. The van der Waals surface area contributed by atoms with E-state index < -0.39 is 0 Å². The average molecular weight is 228 g/mol. The van der Waals surface area contributed by atoms with Gasteiger partial charge in [-0.05, 0) is 31.0 Å². The van der Waals surface area contributed by atoms with Crippen molar-refractivity contribution in [1.82, 2.24) is 0 Å². The van der Waals surface area contributed by atoms with Crippen LogP contribution in [0, 0.1) is 0 Å². The van der Waals surface area contributed by atoms with Gasteiger partial charge in [-0.25, -0.2) is 0 Å². The molecule has 0 atom stereocenters. The number of aromatic hydroxyl groups is 2. The summed E-state index contributed by atoms with van der Waals surface area (Å²) >= 11 is 0. The molecule has 0 saturated heterocycles. The molecule has 0 unspecified atom stereocenters. The summed E-state index contributed by atoms with van der Waals surface area (Å²) in [6.07, 6.45) is 1.98. The quantitative estimate of drug-likeness (QED) is 0.682. The molecule has 0 fully saturated rings. The number of benzene rings is 1. The zero-order valence-corrected chi connectivity index (χ0v) is 10.7. The van der Waals surface area contributed by atoms with E-state index >= 15 is 0 Å². The van der Waals surface area contributed by atoms with Gasteiger partial charge < -0.3 is 15.3 Å². The van der Waals surface area contributed by atoms with E-state index in [0.717, 1.165) is 18.4 Å². The predicted molar refractivity (Wildman–Crippen MR) is 67.9 cm³/mol. The standard InChI is InChI=1S/C9H12O2.C2H6O.C2H6/c1-2-3-7-4-5-8(10)9(11)6-7;1-2-3;1-2/h4-6,10-11H,2-3H2,1H3;3H,2H2,1H3;1-2H3. The van der Waals surface area contributed by atoms with Gasteiger partial charge in [0.15, 0.2) is 11.5 Å². The fourth-order valence-corrected chi connectivity index (χ4v) is 1.01. The first kappa shape index (κ1) is 17.2. The topological polar surface area (TPSA) is 60.7 Å². The third-order valence-electron chi connectivity index (χ3n) is 1.58. The van der Waals surface area contributed by atoms with Crippen LogP contribution in [-0.2, 0) is 6.42 Å². The first-order valence-electron chi connectivity index (χ1n) is 5.77. The number of aliphatic hydroxyl groups excluding tert-OH is 1. The molecule has 0 aliphatic heterocycles. The van der Waals surface area contributed by atoms with Gasteiger partial charge >= 0.3 is 0 Å². The third kappa shape index (κ3) is 8.12. The average Bonchev–Trinajstić information content (AvgIpc) is 2.28. The molecule has 0 aromatic heterocycles. The van der Waals surface area contributed by atoms with Gasteiger partial charge in [0.1, 0.15) is 0 Å². The van der Waals surface area contributed by atoms with Crippen molar-refractivity contribution in [3.8, 4) is 11.5 Å². The molecule has 0 aliphatic carbocycles. The van der Waals surface area contributed by atoms with Crippen LogP contribution in [0.5, 0.6) is 11.5 Å². The molecule has 0 aliphatic rings. The van der Waals surface area contributed by atoms with E-state index in [4.69, 9.17) is 15.3 Å². The van der Waals surface area contributed by atoms with E-state index in [-0.39, 0.29) is 18.1 Å². The maximum absolute atomic E-state index is 9.08. The fraction of sp³-hybridized carbons (Fsp3) is 0.538. The largest absolute Gasteiger partial charge is 0.504 e. The molecule has 0 spiro atoms. The summed E-state index contributed by atoms with van der Waals surface area (Å²) in [6, 6.07) is 4.93. The number of phenolic OH excluding ortho intramolecular Hbond substituents is 2. The van der Waals surface area contributed by atoms with E-state index in [0.29, 0.717) is 0 Å². The van der Waals surface area contributed by atoms with Crippen molar-refractivity contribution >= 4 is 0 Å². The van der Waals surface area contributed by atoms with E-state index in [2.05, 4.69) is 6.92 Å². The predicted octanol–water partition coefficient (Wildman–Crippen LogP) is 3.08. The molecule has 1 aromatic rings. The summed E-state index contributed by atoms with van der Waals surface area (Å²) in [5.74, 6) is -0.0826. The normalized spacial score (nSPS) is 8.31. The Hall–Kier alpha value is -1.22. The number of hydrogen-bond acceptors (Lipinski definition) is 3. The summed E-state index contributed by atoms with van der Waals surface area (Å²) < 4.78 is 0. The molecule has 16 heavy (non-hydrogen) atoms. The Kier molecular flexibility index (Phi) is 12.7. The van der Waals surface area contributed by atoms with Crippen molar-refractivity contribution in [1.29, 1.82) is 0 Å². The first-order valence-corrected chi connectivity index (χ1v) is 5.77. The minimum absolute atomic E-state index is 0.0315. The van der Waals surface area contributed by atoms with Crippen LogP contribution in [0.3, 0.4) is 0 Å². The van der Waals surface area contributed by atoms with Gasteiger partial charge in [0.25, 0.3) is 0 Å². The fourth-order valence-electron chi connectivity index (χ4n) is 1.01. The second kappa shape index (κ2) is 11.9. The van der Waals surface area contributed by atoms with Gasteiger partial charge in [-0.15, -0.1) is 0 Å². The maximum Gasteiger partial charge on any atom is 0.157 e.